The van der Waals surface area contributed by atoms with Crippen molar-refractivity contribution in [2.45, 2.75) is 89.1 Å². The lowest BCUT2D eigenvalue weighted by atomic mass is 9.92. The Bertz CT molecular complexity index is 1350. The Morgan fingerprint density at radius 2 is 1.11 bits per heavy atom. The highest BCUT2D eigenvalue weighted by Crippen LogP contribution is 2.58. The summed E-state index contributed by atoms with van der Waals surface area (Å²) in [5.41, 5.74) is 4.23. The maximum Gasteiger partial charge on any atom is 0.128 e. The molecule has 0 radical (unpaired) electrons. The predicted molar refractivity (Wildman–Crippen MR) is 158 cm³/mol. The molecule has 0 amide bonds. The molecule has 0 heterocycles. The molecule has 4 aromatic rings. The molecule has 4 aromatic carbocycles. The first-order valence-corrected chi connectivity index (χ1v) is 15.5. The first-order valence-electron chi connectivity index (χ1n) is 14.0. The van der Waals surface area contributed by atoms with Crippen LogP contribution < -0.4 is 10.0 Å². The van der Waals surface area contributed by atoms with Crippen molar-refractivity contribution in [1.82, 2.24) is 0 Å². The standard InChI is InChI=1S/C34H39OP/c1-34(2,3)35-30-22-20-24-12-4-10-18-28(24)32(30)33-29-19-11-5-13-25(29)21-23-31(33)36(26-14-6-7-15-26)27-16-8-9-17-27/h4-5,10-13,18-23,26-27H,6-9,14-17H2,1-3H3. The summed E-state index contributed by atoms with van der Waals surface area (Å²) in [7, 11) is -0.232. The molecular formula is C34H39OP. The van der Waals surface area contributed by atoms with Gasteiger partial charge in [0.25, 0.3) is 0 Å². The van der Waals surface area contributed by atoms with Gasteiger partial charge >= 0.3 is 0 Å². The van der Waals surface area contributed by atoms with E-state index in [2.05, 4.69) is 93.6 Å². The maximum absolute atomic E-state index is 6.74. The molecule has 36 heavy (non-hydrogen) atoms. The van der Waals surface area contributed by atoms with Crippen LogP contribution in [0.5, 0.6) is 5.75 Å². The van der Waals surface area contributed by atoms with Gasteiger partial charge in [-0.2, -0.15) is 0 Å². The molecule has 2 saturated carbocycles. The monoisotopic (exact) mass is 494 g/mol. The molecular weight excluding hydrogens is 455 g/mol. The van der Waals surface area contributed by atoms with Gasteiger partial charge in [-0.05, 0) is 90.7 Å². The number of benzene rings is 4. The molecule has 0 aromatic heterocycles. The van der Waals surface area contributed by atoms with Gasteiger partial charge in [0.15, 0.2) is 0 Å². The van der Waals surface area contributed by atoms with E-state index in [1.54, 1.807) is 5.30 Å². The molecule has 0 spiro atoms. The third-order valence-corrected chi connectivity index (χ3v) is 11.7. The predicted octanol–water partition coefficient (Wildman–Crippen LogP) is 9.83. The third-order valence-electron chi connectivity index (χ3n) is 8.18. The average Bonchev–Trinajstić information content (AvgIpc) is 3.59. The minimum atomic E-state index is -0.260. The highest BCUT2D eigenvalue weighted by atomic mass is 31.1. The molecule has 2 heteroatoms. The second-order valence-corrected chi connectivity index (χ2v) is 14.6. The Morgan fingerprint density at radius 3 is 1.67 bits per heavy atom. The Labute approximate surface area is 218 Å². The van der Waals surface area contributed by atoms with Gasteiger partial charge in [-0.1, -0.05) is 100 Å². The molecule has 0 atom stereocenters. The van der Waals surface area contributed by atoms with Gasteiger partial charge in [0.1, 0.15) is 11.4 Å². The lowest BCUT2D eigenvalue weighted by Crippen LogP contribution is -2.24. The molecule has 0 bridgehead atoms. The Hall–Kier alpha value is -2.37. The summed E-state index contributed by atoms with van der Waals surface area (Å²) in [6.45, 7) is 6.50. The summed E-state index contributed by atoms with van der Waals surface area (Å²) in [6, 6.07) is 27.3. The van der Waals surface area contributed by atoms with Crippen molar-refractivity contribution in [3.63, 3.8) is 0 Å². The zero-order valence-electron chi connectivity index (χ0n) is 22.1. The van der Waals surface area contributed by atoms with Gasteiger partial charge in [-0.25, -0.2) is 0 Å². The van der Waals surface area contributed by atoms with Gasteiger partial charge in [-0.15, -0.1) is 0 Å². The van der Waals surface area contributed by atoms with Crippen LogP contribution in [0.2, 0.25) is 0 Å². The fraction of sp³-hybridized carbons (Fsp3) is 0.412. The minimum Gasteiger partial charge on any atom is -0.487 e. The van der Waals surface area contributed by atoms with E-state index >= 15 is 0 Å². The van der Waals surface area contributed by atoms with Crippen molar-refractivity contribution in [2.75, 3.05) is 0 Å². The first kappa shape index (κ1) is 24.0. The molecule has 2 fully saturated rings. The van der Waals surface area contributed by atoms with E-state index in [-0.39, 0.29) is 13.5 Å². The fourth-order valence-corrected chi connectivity index (χ4v) is 10.7. The third kappa shape index (κ3) is 4.56. The van der Waals surface area contributed by atoms with E-state index in [1.165, 1.54) is 84.0 Å². The Kier molecular flexibility index (Phi) is 6.55. The fourth-order valence-electron chi connectivity index (χ4n) is 6.72. The van der Waals surface area contributed by atoms with Crippen LogP contribution in [0.15, 0.2) is 72.8 Å². The summed E-state index contributed by atoms with van der Waals surface area (Å²) in [5.74, 6) is 1.02. The van der Waals surface area contributed by atoms with Crippen molar-refractivity contribution in [1.29, 1.82) is 0 Å². The molecule has 1 nitrogen and oxygen atoms in total. The topological polar surface area (TPSA) is 9.23 Å². The molecule has 0 saturated heterocycles. The summed E-state index contributed by atoms with van der Waals surface area (Å²) in [4.78, 5) is 0. The van der Waals surface area contributed by atoms with Crippen LogP contribution in [0.4, 0.5) is 0 Å². The average molecular weight is 495 g/mol. The molecule has 0 N–H and O–H groups in total. The summed E-state index contributed by atoms with van der Waals surface area (Å²) < 4.78 is 6.74. The van der Waals surface area contributed by atoms with E-state index in [0.29, 0.717) is 0 Å². The largest absolute Gasteiger partial charge is 0.487 e. The van der Waals surface area contributed by atoms with Gasteiger partial charge < -0.3 is 4.74 Å². The second-order valence-electron chi connectivity index (χ2n) is 11.8. The highest BCUT2D eigenvalue weighted by molar-refractivity contribution is 7.67. The van der Waals surface area contributed by atoms with Crippen LogP contribution in [0.3, 0.4) is 0 Å². The van der Waals surface area contributed by atoms with Crippen molar-refractivity contribution >= 4 is 34.8 Å². The SMILES string of the molecule is CC(C)(C)Oc1ccc2ccccc2c1-c1c(P(C2CCCC2)C2CCCC2)ccc2ccccc12. The highest BCUT2D eigenvalue weighted by Gasteiger charge is 2.36. The molecule has 6 rings (SSSR count). The van der Waals surface area contributed by atoms with E-state index in [0.717, 1.165) is 17.1 Å². The molecule has 2 aliphatic carbocycles. The lowest BCUT2D eigenvalue weighted by molar-refractivity contribution is 0.132. The number of hydrogen-bond acceptors (Lipinski definition) is 1. The maximum atomic E-state index is 6.74. The number of fused-ring (bicyclic) bond motifs is 2. The number of ether oxygens (including phenoxy) is 1. The van der Waals surface area contributed by atoms with Gasteiger partial charge in [0.05, 0.1) is 0 Å². The Balaban J connectivity index is 1.68. The zero-order chi connectivity index (χ0) is 24.7. The van der Waals surface area contributed by atoms with E-state index in [1.807, 2.05) is 0 Å². The lowest BCUT2D eigenvalue weighted by Gasteiger charge is -2.34. The van der Waals surface area contributed by atoms with Gasteiger partial charge in [-0.3, -0.25) is 0 Å². The van der Waals surface area contributed by atoms with Gasteiger partial charge in [0, 0.05) is 11.1 Å². The van der Waals surface area contributed by atoms with Crippen LogP contribution in [0.1, 0.15) is 72.1 Å². The Morgan fingerprint density at radius 1 is 0.611 bits per heavy atom. The summed E-state index contributed by atoms with van der Waals surface area (Å²) in [6.07, 6.45) is 11.3. The van der Waals surface area contributed by atoms with Crippen molar-refractivity contribution in [2.24, 2.45) is 0 Å². The molecule has 186 valence electrons. The minimum absolute atomic E-state index is 0.232. The number of rotatable bonds is 5. The quantitative estimate of drug-likeness (QED) is 0.251. The van der Waals surface area contributed by atoms with Crippen molar-refractivity contribution in [3.05, 3.63) is 72.8 Å². The normalized spacial score (nSPS) is 17.6. The van der Waals surface area contributed by atoms with Crippen LogP contribution >= 0.6 is 7.92 Å². The molecule has 0 aliphatic heterocycles. The molecule has 2 aliphatic rings. The van der Waals surface area contributed by atoms with E-state index in [4.69, 9.17) is 4.74 Å². The van der Waals surface area contributed by atoms with Crippen molar-refractivity contribution < 1.29 is 4.74 Å². The van der Waals surface area contributed by atoms with Gasteiger partial charge in [0.2, 0.25) is 0 Å². The summed E-state index contributed by atoms with van der Waals surface area (Å²) in [5, 5.41) is 6.95. The number of hydrogen-bond donors (Lipinski definition) is 0. The zero-order valence-corrected chi connectivity index (χ0v) is 23.0. The van der Waals surface area contributed by atoms with Crippen LogP contribution in [-0.2, 0) is 0 Å². The smallest absolute Gasteiger partial charge is 0.128 e. The van der Waals surface area contributed by atoms with E-state index < -0.39 is 0 Å². The van der Waals surface area contributed by atoms with Crippen LogP contribution in [0.25, 0.3) is 32.7 Å². The van der Waals surface area contributed by atoms with E-state index in [9.17, 15) is 0 Å². The summed E-state index contributed by atoms with van der Waals surface area (Å²) >= 11 is 0. The second kappa shape index (κ2) is 9.83. The molecule has 0 unspecified atom stereocenters. The first-order chi connectivity index (χ1) is 17.5. The van der Waals surface area contributed by atoms with Crippen molar-refractivity contribution in [3.8, 4) is 16.9 Å². The van der Waals surface area contributed by atoms with Crippen LogP contribution in [-0.4, -0.2) is 16.9 Å². The van der Waals surface area contributed by atoms with Crippen LogP contribution in [0, 0.1) is 0 Å².